The van der Waals surface area contributed by atoms with Gasteiger partial charge in [0.2, 0.25) is 5.91 Å². The van der Waals surface area contributed by atoms with Crippen LogP contribution in [0.3, 0.4) is 0 Å². The van der Waals surface area contributed by atoms with Crippen molar-refractivity contribution >= 4 is 5.91 Å². The summed E-state index contributed by atoms with van der Waals surface area (Å²) in [5.41, 5.74) is 0. The van der Waals surface area contributed by atoms with Gasteiger partial charge in [-0.2, -0.15) is 0 Å². The summed E-state index contributed by atoms with van der Waals surface area (Å²) in [4.78, 5) is 11.6. The molecule has 1 unspecified atom stereocenters. The first-order chi connectivity index (χ1) is 7.67. The van der Waals surface area contributed by atoms with E-state index in [9.17, 15) is 4.79 Å². The molecule has 0 aliphatic heterocycles. The highest BCUT2D eigenvalue weighted by atomic mass is 16.1. The number of carbonyl (C=O) groups excluding carboxylic acids is 1. The number of carbonyl (C=O) groups is 1. The van der Waals surface area contributed by atoms with E-state index in [1.54, 1.807) is 0 Å². The second kappa shape index (κ2) is 9.23. The topological polar surface area (TPSA) is 41.1 Å². The molecule has 0 heterocycles. The molecule has 0 radical (unpaired) electrons. The van der Waals surface area contributed by atoms with Crippen molar-refractivity contribution < 1.29 is 4.79 Å². The van der Waals surface area contributed by atoms with E-state index < -0.39 is 0 Å². The van der Waals surface area contributed by atoms with Crippen molar-refractivity contribution in [3.05, 3.63) is 0 Å². The van der Waals surface area contributed by atoms with Crippen LogP contribution in [-0.4, -0.2) is 24.5 Å². The summed E-state index contributed by atoms with van der Waals surface area (Å²) in [6.07, 6.45) is 8.82. The number of rotatable bonds is 8. The maximum atomic E-state index is 11.6. The summed E-state index contributed by atoms with van der Waals surface area (Å²) in [6, 6.07) is 0.541. The Morgan fingerprint density at radius 2 is 1.75 bits per heavy atom. The van der Waals surface area contributed by atoms with Gasteiger partial charge in [0.05, 0.1) is 6.54 Å². The largest absolute Gasteiger partial charge is 0.352 e. The molecule has 0 aliphatic carbocycles. The van der Waals surface area contributed by atoms with Crippen LogP contribution in [0.4, 0.5) is 0 Å². The minimum Gasteiger partial charge on any atom is -0.352 e. The van der Waals surface area contributed by atoms with E-state index in [2.05, 4.69) is 37.3 Å². The van der Waals surface area contributed by atoms with E-state index in [1.807, 2.05) is 0 Å². The SMILES string of the molecule is C#CCC(CC)NCC(=O)NC(CC)CC. The van der Waals surface area contributed by atoms with Crippen LogP contribution >= 0.6 is 0 Å². The van der Waals surface area contributed by atoms with E-state index in [4.69, 9.17) is 6.42 Å². The van der Waals surface area contributed by atoms with Gasteiger partial charge in [0.25, 0.3) is 0 Å². The normalized spacial score (nSPS) is 12.2. The molecule has 0 aromatic heterocycles. The fraction of sp³-hybridized carbons (Fsp3) is 0.769. The van der Waals surface area contributed by atoms with E-state index >= 15 is 0 Å². The van der Waals surface area contributed by atoms with Gasteiger partial charge in [-0.25, -0.2) is 0 Å². The smallest absolute Gasteiger partial charge is 0.234 e. The molecule has 3 nitrogen and oxygen atoms in total. The fourth-order valence-electron chi connectivity index (χ4n) is 1.51. The molecule has 1 atom stereocenters. The van der Waals surface area contributed by atoms with Crippen LogP contribution in [0.1, 0.15) is 46.5 Å². The lowest BCUT2D eigenvalue weighted by Crippen LogP contribution is -2.42. The minimum atomic E-state index is 0.0594. The molecule has 0 spiro atoms. The monoisotopic (exact) mass is 224 g/mol. The van der Waals surface area contributed by atoms with Crippen molar-refractivity contribution in [3.63, 3.8) is 0 Å². The highest BCUT2D eigenvalue weighted by Gasteiger charge is 2.10. The van der Waals surface area contributed by atoms with Crippen LogP contribution in [0.5, 0.6) is 0 Å². The third-order valence-corrected chi connectivity index (χ3v) is 2.76. The summed E-state index contributed by atoms with van der Waals surface area (Å²) >= 11 is 0. The van der Waals surface area contributed by atoms with E-state index in [-0.39, 0.29) is 11.9 Å². The van der Waals surface area contributed by atoms with Crippen LogP contribution in [-0.2, 0) is 4.79 Å². The summed E-state index contributed by atoms with van der Waals surface area (Å²) in [5.74, 6) is 2.67. The van der Waals surface area contributed by atoms with Gasteiger partial charge in [0, 0.05) is 18.5 Å². The Morgan fingerprint density at radius 1 is 1.19 bits per heavy atom. The highest BCUT2D eigenvalue weighted by Crippen LogP contribution is 1.97. The lowest BCUT2D eigenvalue weighted by atomic mass is 10.1. The number of hydrogen-bond acceptors (Lipinski definition) is 2. The second-order valence-electron chi connectivity index (χ2n) is 3.98. The number of terminal acetylenes is 1. The van der Waals surface area contributed by atoms with Gasteiger partial charge >= 0.3 is 0 Å². The van der Waals surface area contributed by atoms with Crippen molar-refractivity contribution in [1.29, 1.82) is 0 Å². The number of amides is 1. The Hall–Kier alpha value is -1.01. The van der Waals surface area contributed by atoms with Crippen LogP contribution in [0.15, 0.2) is 0 Å². The lowest BCUT2D eigenvalue weighted by Gasteiger charge is -2.17. The Morgan fingerprint density at radius 3 is 2.19 bits per heavy atom. The average Bonchev–Trinajstić information content (AvgIpc) is 2.31. The summed E-state index contributed by atoms with van der Waals surface area (Å²) < 4.78 is 0. The minimum absolute atomic E-state index is 0.0594. The molecule has 0 aromatic carbocycles. The zero-order valence-electron chi connectivity index (χ0n) is 10.7. The molecular formula is C13H24N2O. The lowest BCUT2D eigenvalue weighted by molar-refractivity contribution is -0.121. The van der Waals surface area contributed by atoms with Gasteiger partial charge < -0.3 is 10.6 Å². The molecule has 0 bridgehead atoms. The molecule has 0 aliphatic rings. The molecule has 0 saturated heterocycles. The zero-order valence-corrected chi connectivity index (χ0v) is 10.7. The van der Waals surface area contributed by atoms with Gasteiger partial charge in [0.15, 0.2) is 0 Å². The molecule has 3 heteroatoms. The maximum Gasteiger partial charge on any atom is 0.234 e. The van der Waals surface area contributed by atoms with Crippen molar-refractivity contribution in [1.82, 2.24) is 10.6 Å². The predicted octanol–water partition coefficient (Wildman–Crippen LogP) is 1.68. The Balaban J connectivity index is 3.83. The first-order valence-corrected chi connectivity index (χ1v) is 6.14. The quantitative estimate of drug-likeness (QED) is 0.616. The Kier molecular flexibility index (Phi) is 8.65. The molecule has 0 saturated carbocycles. The van der Waals surface area contributed by atoms with Crippen molar-refractivity contribution in [3.8, 4) is 12.3 Å². The Labute approximate surface area is 99.4 Å². The second-order valence-corrected chi connectivity index (χ2v) is 3.98. The van der Waals surface area contributed by atoms with Crippen LogP contribution in [0.2, 0.25) is 0 Å². The predicted molar refractivity (Wildman–Crippen MR) is 68.0 cm³/mol. The van der Waals surface area contributed by atoms with E-state index in [0.29, 0.717) is 19.0 Å². The van der Waals surface area contributed by atoms with Crippen molar-refractivity contribution in [2.75, 3.05) is 6.54 Å². The summed E-state index contributed by atoms with van der Waals surface area (Å²) in [6.45, 7) is 6.58. The van der Waals surface area contributed by atoms with Gasteiger partial charge in [-0.1, -0.05) is 20.8 Å². The van der Waals surface area contributed by atoms with Crippen molar-refractivity contribution in [2.24, 2.45) is 0 Å². The molecule has 1 amide bonds. The number of hydrogen-bond donors (Lipinski definition) is 2. The fourth-order valence-corrected chi connectivity index (χ4v) is 1.51. The molecule has 0 rings (SSSR count). The van der Waals surface area contributed by atoms with E-state index in [0.717, 1.165) is 19.3 Å². The molecule has 2 N–H and O–H groups in total. The molecule has 0 fully saturated rings. The third-order valence-electron chi connectivity index (χ3n) is 2.76. The zero-order chi connectivity index (χ0) is 12.4. The number of nitrogens with one attached hydrogen (secondary N) is 2. The van der Waals surface area contributed by atoms with Crippen LogP contribution in [0.25, 0.3) is 0 Å². The molecule has 92 valence electrons. The first kappa shape index (κ1) is 15.0. The maximum absolute atomic E-state index is 11.6. The van der Waals surface area contributed by atoms with E-state index in [1.165, 1.54) is 0 Å². The van der Waals surface area contributed by atoms with Crippen LogP contribution in [0, 0.1) is 12.3 Å². The molecule has 16 heavy (non-hydrogen) atoms. The summed E-state index contributed by atoms with van der Waals surface area (Å²) in [5, 5.41) is 6.15. The van der Waals surface area contributed by atoms with Gasteiger partial charge in [-0.05, 0) is 19.3 Å². The average molecular weight is 224 g/mol. The van der Waals surface area contributed by atoms with Crippen molar-refractivity contribution in [2.45, 2.75) is 58.5 Å². The van der Waals surface area contributed by atoms with Gasteiger partial charge in [0.1, 0.15) is 0 Å². The summed E-state index contributed by atoms with van der Waals surface area (Å²) in [7, 11) is 0. The third kappa shape index (κ3) is 6.47. The Bertz CT molecular complexity index is 229. The highest BCUT2D eigenvalue weighted by molar-refractivity contribution is 5.78. The molecular weight excluding hydrogens is 200 g/mol. The molecule has 0 aromatic rings. The van der Waals surface area contributed by atoms with Gasteiger partial charge in [-0.3, -0.25) is 4.79 Å². The van der Waals surface area contributed by atoms with Gasteiger partial charge in [-0.15, -0.1) is 12.3 Å². The van der Waals surface area contributed by atoms with Crippen LogP contribution < -0.4 is 10.6 Å². The standard InChI is InChI=1S/C13H24N2O/c1-5-9-12(8-4)14-10-13(16)15-11(6-2)7-3/h1,11-12,14H,6-10H2,2-4H3,(H,15,16). The first-order valence-electron chi connectivity index (χ1n) is 6.14.